The predicted molar refractivity (Wildman–Crippen MR) is 102 cm³/mol. The minimum Gasteiger partial charge on any atom is -0.491 e. The lowest BCUT2D eigenvalue weighted by molar-refractivity contribution is 0.0696. The summed E-state index contributed by atoms with van der Waals surface area (Å²) in [5, 5.41) is 12.9. The first-order valence-electron chi connectivity index (χ1n) is 9.10. The van der Waals surface area contributed by atoms with Crippen LogP contribution in [-0.4, -0.2) is 17.2 Å². The van der Waals surface area contributed by atoms with Crippen molar-refractivity contribution < 1.29 is 14.6 Å². The largest absolute Gasteiger partial charge is 0.491 e. The van der Waals surface area contributed by atoms with Crippen molar-refractivity contribution in [3.05, 3.63) is 71.3 Å². The summed E-state index contributed by atoms with van der Waals surface area (Å²) in [7, 11) is 0. The molecular formula is C22H23NO3. The quantitative estimate of drug-likeness (QED) is 0.763. The summed E-state index contributed by atoms with van der Waals surface area (Å²) >= 11 is 0. The molecule has 2 N–H and O–H groups in total. The average Bonchev–Trinajstić information content (AvgIpc) is 3.11. The maximum atomic E-state index is 11.3. The Labute approximate surface area is 153 Å². The van der Waals surface area contributed by atoms with Gasteiger partial charge in [0, 0.05) is 11.6 Å². The number of hydrogen-bond acceptors (Lipinski definition) is 3. The Balaban J connectivity index is 1.66. The molecule has 4 rings (SSSR count). The molecule has 0 bridgehead atoms. The Hall–Kier alpha value is -2.75. The molecule has 1 heterocycles. The number of rotatable bonds is 4. The van der Waals surface area contributed by atoms with E-state index in [1.807, 2.05) is 38.1 Å². The van der Waals surface area contributed by atoms with Crippen molar-refractivity contribution in [3.63, 3.8) is 0 Å². The van der Waals surface area contributed by atoms with Gasteiger partial charge in [0.2, 0.25) is 0 Å². The van der Waals surface area contributed by atoms with Crippen LogP contribution in [0.3, 0.4) is 0 Å². The topological polar surface area (TPSA) is 58.6 Å². The number of nitrogens with one attached hydrogen (secondary N) is 1. The fraction of sp³-hybridized carbons (Fsp3) is 0.318. The van der Waals surface area contributed by atoms with Crippen molar-refractivity contribution in [2.24, 2.45) is 5.92 Å². The highest BCUT2D eigenvalue weighted by molar-refractivity contribution is 5.89. The van der Waals surface area contributed by atoms with Gasteiger partial charge in [0.05, 0.1) is 17.7 Å². The number of aromatic carboxylic acids is 1. The summed E-state index contributed by atoms with van der Waals surface area (Å²) in [5.41, 5.74) is 3.68. The second kappa shape index (κ2) is 6.52. The lowest BCUT2D eigenvalue weighted by Gasteiger charge is -2.37. The molecule has 2 aliphatic rings. The summed E-state index contributed by atoms with van der Waals surface area (Å²) in [6, 6.07) is 13.9. The van der Waals surface area contributed by atoms with Gasteiger partial charge in [-0.15, -0.1) is 0 Å². The van der Waals surface area contributed by atoms with Crippen LogP contribution in [0.25, 0.3) is 0 Å². The number of fused-ring (bicyclic) bond motifs is 3. The first-order chi connectivity index (χ1) is 12.5. The lowest BCUT2D eigenvalue weighted by atomic mass is 9.76. The molecule has 1 aliphatic carbocycles. The molecule has 0 saturated heterocycles. The van der Waals surface area contributed by atoms with Gasteiger partial charge in [-0.3, -0.25) is 0 Å². The zero-order valence-corrected chi connectivity index (χ0v) is 15.0. The van der Waals surface area contributed by atoms with E-state index in [1.54, 1.807) is 6.07 Å². The molecule has 2 aromatic rings. The van der Waals surface area contributed by atoms with Crippen molar-refractivity contribution in [1.82, 2.24) is 0 Å². The van der Waals surface area contributed by atoms with E-state index < -0.39 is 5.97 Å². The van der Waals surface area contributed by atoms with E-state index in [9.17, 15) is 9.90 Å². The Bertz CT molecular complexity index is 854. The maximum Gasteiger partial charge on any atom is 0.335 e. The molecular weight excluding hydrogens is 326 g/mol. The van der Waals surface area contributed by atoms with Crippen molar-refractivity contribution in [2.45, 2.75) is 38.3 Å². The first-order valence-corrected chi connectivity index (χ1v) is 9.10. The zero-order chi connectivity index (χ0) is 18.3. The van der Waals surface area contributed by atoms with Crippen LogP contribution >= 0.6 is 0 Å². The highest BCUT2D eigenvalue weighted by Crippen LogP contribution is 2.50. The van der Waals surface area contributed by atoms with Crippen molar-refractivity contribution in [3.8, 4) is 5.75 Å². The number of anilines is 1. The second-order valence-electron chi connectivity index (χ2n) is 7.32. The van der Waals surface area contributed by atoms with Crippen LogP contribution in [0.5, 0.6) is 5.75 Å². The Morgan fingerprint density at radius 3 is 2.65 bits per heavy atom. The van der Waals surface area contributed by atoms with Gasteiger partial charge in [0.25, 0.3) is 0 Å². The fourth-order valence-electron chi connectivity index (χ4n) is 4.08. The third-order valence-corrected chi connectivity index (χ3v) is 5.22. The van der Waals surface area contributed by atoms with Gasteiger partial charge in [-0.1, -0.05) is 24.3 Å². The molecule has 0 aromatic heterocycles. The van der Waals surface area contributed by atoms with Crippen molar-refractivity contribution in [1.29, 1.82) is 0 Å². The van der Waals surface area contributed by atoms with Gasteiger partial charge < -0.3 is 15.2 Å². The van der Waals surface area contributed by atoms with Crippen LogP contribution in [0.4, 0.5) is 5.69 Å². The standard InChI is InChI=1S/C22H23NO3/c1-13(2)26-16-9-6-14(7-10-16)21-18-5-3-4-17(18)19-12-15(22(24)25)8-11-20(19)23-21/h3-4,6-13,17-18,21,23H,5H2,1-2H3,(H,24,25)/t17-,18+,21+/m1/s1. The summed E-state index contributed by atoms with van der Waals surface area (Å²) in [6.07, 6.45) is 5.58. The molecule has 0 unspecified atom stereocenters. The van der Waals surface area contributed by atoms with E-state index in [0.717, 1.165) is 23.4 Å². The number of benzene rings is 2. The van der Waals surface area contributed by atoms with E-state index in [2.05, 4.69) is 29.6 Å². The SMILES string of the molecule is CC(C)Oc1ccc([C@@H]2Nc3ccc(C(=O)O)cc3[C@@H]3C=CC[C@@H]32)cc1. The fourth-order valence-corrected chi connectivity index (χ4v) is 4.08. The Morgan fingerprint density at radius 2 is 1.96 bits per heavy atom. The van der Waals surface area contributed by atoms with Crippen molar-refractivity contribution in [2.75, 3.05) is 5.32 Å². The number of carboxylic acids is 1. The van der Waals surface area contributed by atoms with E-state index in [1.165, 1.54) is 5.56 Å². The summed E-state index contributed by atoms with van der Waals surface area (Å²) in [4.78, 5) is 11.3. The first kappa shape index (κ1) is 16.7. The van der Waals surface area contributed by atoms with E-state index in [4.69, 9.17) is 4.74 Å². The Kier molecular flexibility index (Phi) is 4.19. The number of allylic oxidation sites excluding steroid dienone is 2. The minimum absolute atomic E-state index is 0.160. The van der Waals surface area contributed by atoms with Crippen LogP contribution in [-0.2, 0) is 0 Å². The summed E-state index contributed by atoms with van der Waals surface area (Å²) < 4.78 is 5.75. The van der Waals surface area contributed by atoms with Crippen LogP contribution in [0.1, 0.15) is 53.7 Å². The molecule has 2 aromatic carbocycles. The number of carbonyl (C=O) groups is 1. The van der Waals surface area contributed by atoms with Gasteiger partial charge in [-0.05, 0) is 67.6 Å². The second-order valence-corrected chi connectivity index (χ2v) is 7.32. The number of ether oxygens (including phenoxy) is 1. The van der Waals surface area contributed by atoms with Crippen LogP contribution in [0.15, 0.2) is 54.6 Å². The molecule has 0 saturated carbocycles. The van der Waals surface area contributed by atoms with Gasteiger partial charge in [0.15, 0.2) is 0 Å². The molecule has 3 atom stereocenters. The van der Waals surface area contributed by atoms with Crippen LogP contribution in [0, 0.1) is 5.92 Å². The number of hydrogen-bond donors (Lipinski definition) is 2. The lowest BCUT2D eigenvalue weighted by Crippen LogP contribution is -2.29. The molecule has 26 heavy (non-hydrogen) atoms. The number of carboxylic acid groups (broad SMARTS) is 1. The molecule has 4 nitrogen and oxygen atoms in total. The van der Waals surface area contributed by atoms with Gasteiger partial charge in [-0.2, -0.15) is 0 Å². The summed E-state index contributed by atoms with van der Waals surface area (Å²) in [6.45, 7) is 4.04. The highest BCUT2D eigenvalue weighted by atomic mass is 16.5. The predicted octanol–water partition coefficient (Wildman–Crippen LogP) is 5.00. The summed E-state index contributed by atoms with van der Waals surface area (Å²) in [5.74, 6) is 0.645. The molecule has 0 spiro atoms. The van der Waals surface area contributed by atoms with E-state index in [-0.39, 0.29) is 18.1 Å². The van der Waals surface area contributed by atoms with Gasteiger partial charge >= 0.3 is 5.97 Å². The van der Waals surface area contributed by atoms with Crippen LogP contribution in [0.2, 0.25) is 0 Å². The Morgan fingerprint density at radius 1 is 1.19 bits per heavy atom. The average molecular weight is 349 g/mol. The van der Waals surface area contributed by atoms with Gasteiger partial charge in [-0.25, -0.2) is 4.79 Å². The van der Waals surface area contributed by atoms with E-state index >= 15 is 0 Å². The monoisotopic (exact) mass is 349 g/mol. The maximum absolute atomic E-state index is 11.3. The van der Waals surface area contributed by atoms with Crippen molar-refractivity contribution >= 4 is 11.7 Å². The molecule has 134 valence electrons. The zero-order valence-electron chi connectivity index (χ0n) is 15.0. The normalized spacial score (nSPS) is 23.3. The molecule has 0 fully saturated rings. The van der Waals surface area contributed by atoms with Crippen LogP contribution < -0.4 is 10.1 Å². The smallest absolute Gasteiger partial charge is 0.335 e. The third-order valence-electron chi connectivity index (χ3n) is 5.22. The molecule has 0 amide bonds. The molecule has 1 aliphatic heterocycles. The van der Waals surface area contributed by atoms with Gasteiger partial charge in [0.1, 0.15) is 5.75 Å². The molecule has 0 radical (unpaired) electrons. The third kappa shape index (κ3) is 2.96. The minimum atomic E-state index is -0.880. The molecule has 4 heteroatoms. The van der Waals surface area contributed by atoms with E-state index in [0.29, 0.717) is 11.5 Å². The highest BCUT2D eigenvalue weighted by Gasteiger charge is 2.38.